The standard InChI is InChI=1S/C16H17F3N4O3/c1-3-23(9-12(24)21-15(25)26-4-2)13-10-7-5-6-8-11(10)20-14(22-13)16(17,18)19/h5-8H,3-4,9H2,1-2H3,(H,21,24,25). The summed E-state index contributed by atoms with van der Waals surface area (Å²) >= 11 is 0. The highest BCUT2D eigenvalue weighted by Gasteiger charge is 2.36. The molecular weight excluding hydrogens is 353 g/mol. The fraction of sp³-hybridized carbons (Fsp3) is 0.375. The minimum atomic E-state index is -4.73. The van der Waals surface area contributed by atoms with Crippen molar-refractivity contribution >= 4 is 28.7 Å². The SMILES string of the molecule is CCOC(=O)NC(=O)CN(CC)c1nc(C(F)(F)F)nc2ccccc12. The smallest absolute Gasteiger partial charge is 0.450 e. The zero-order valence-corrected chi connectivity index (χ0v) is 14.1. The van der Waals surface area contributed by atoms with E-state index < -0.39 is 24.0 Å². The van der Waals surface area contributed by atoms with Gasteiger partial charge in [-0.1, -0.05) is 12.1 Å². The van der Waals surface area contributed by atoms with E-state index in [-0.39, 0.29) is 31.0 Å². The predicted molar refractivity (Wildman–Crippen MR) is 87.6 cm³/mol. The van der Waals surface area contributed by atoms with Crippen molar-refractivity contribution in [1.82, 2.24) is 15.3 Å². The number of anilines is 1. The highest BCUT2D eigenvalue weighted by Crippen LogP contribution is 2.31. The molecule has 1 aromatic carbocycles. The number of alkyl carbamates (subject to hydrolysis) is 1. The van der Waals surface area contributed by atoms with Crippen LogP contribution in [0.3, 0.4) is 0 Å². The lowest BCUT2D eigenvalue weighted by Crippen LogP contribution is -2.41. The molecule has 2 aromatic rings. The highest BCUT2D eigenvalue weighted by atomic mass is 19.4. The molecule has 140 valence electrons. The largest absolute Gasteiger partial charge is 0.451 e. The van der Waals surface area contributed by atoms with Crippen molar-refractivity contribution in [2.75, 3.05) is 24.6 Å². The summed E-state index contributed by atoms with van der Waals surface area (Å²) in [6.07, 6.45) is -5.65. The predicted octanol–water partition coefficient (Wildman–Crippen LogP) is 2.75. The lowest BCUT2D eigenvalue weighted by Gasteiger charge is -2.23. The second-order valence-electron chi connectivity index (χ2n) is 5.17. The van der Waals surface area contributed by atoms with Gasteiger partial charge in [0.05, 0.1) is 18.7 Å². The first-order valence-corrected chi connectivity index (χ1v) is 7.81. The monoisotopic (exact) mass is 370 g/mol. The lowest BCUT2D eigenvalue weighted by molar-refractivity contribution is -0.144. The van der Waals surface area contributed by atoms with Gasteiger partial charge in [-0.25, -0.2) is 14.8 Å². The average Bonchev–Trinajstić information content (AvgIpc) is 2.58. The maximum Gasteiger partial charge on any atom is 0.451 e. The number of hydrogen-bond acceptors (Lipinski definition) is 6. The summed E-state index contributed by atoms with van der Waals surface area (Å²) in [7, 11) is 0. The average molecular weight is 370 g/mol. The van der Waals surface area contributed by atoms with Gasteiger partial charge in [0.1, 0.15) is 5.82 Å². The number of nitrogens with zero attached hydrogens (tertiary/aromatic N) is 3. The van der Waals surface area contributed by atoms with Crippen LogP contribution < -0.4 is 10.2 Å². The first-order valence-electron chi connectivity index (χ1n) is 7.81. The Kier molecular flexibility index (Phi) is 5.96. The van der Waals surface area contributed by atoms with Crippen LogP contribution in [0.1, 0.15) is 19.7 Å². The van der Waals surface area contributed by atoms with Crippen LogP contribution in [0.2, 0.25) is 0 Å². The number of alkyl halides is 3. The summed E-state index contributed by atoms with van der Waals surface area (Å²) in [5, 5.41) is 2.37. The molecule has 2 amide bonds. The van der Waals surface area contributed by atoms with E-state index in [0.717, 1.165) is 0 Å². The number of ether oxygens (including phenoxy) is 1. The molecule has 26 heavy (non-hydrogen) atoms. The molecule has 0 saturated heterocycles. The molecule has 1 N–H and O–H groups in total. The van der Waals surface area contributed by atoms with Crippen molar-refractivity contribution in [3.63, 3.8) is 0 Å². The molecular formula is C16H17F3N4O3. The zero-order chi connectivity index (χ0) is 19.3. The minimum absolute atomic E-state index is 0.0376. The molecule has 0 radical (unpaired) electrons. The van der Waals surface area contributed by atoms with Gasteiger partial charge in [0.2, 0.25) is 11.7 Å². The molecule has 0 bridgehead atoms. The van der Waals surface area contributed by atoms with Crippen molar-refractivity contribution in [3.8, 4) is 0 Å². The number of rotatable bonds is 5. The molecule has 0 fully saturated rings. The summed E-state index contributed by atoms with van der Waals surface area (Å²) in [5.41, 5.74) is 0.106. The Hall–Kier alpha value is -2.91. The number of aromatic nitrogens is 2. The first kappa shape index (κ1) is 19.4. The molecule has 0 aliphatic rings. The van der Waals surface area contributed by atoms with Gasteiger partial charge in [-0.2, -0.15) is 13.2 Å². The third-order valence-electron chi connectivity index (χ3n) is 3.37. The first-order chi connectivity index (χ1) is 12.3. The van der Waals surface area contributed by atoms with Crippen molar-refractivity contribution in [2.24, 2.45) is 0 Å². The van der Waals surface area contributed by atoms with Gasteiger partial charge in [0, 0.05) is 11.9 Å². The highest BCUT2D eigenvalue weighted by molar-refractivity contribution is 5.96. The number of imide groups is 1. The molecule has 0 saturated carbocycles. The number of para-hydroxylation sites is 1. The molecule has 0 atom stereocenters. The number of fused-ring (bicyclic) bond motifs is 1. The normalized spacial score (nSPS) is 11.3. The summed E-state index contributed by atoms with van der Waals surface area (Å²) < 4.78 is 43.9. The number of halogens is 3. The van der Waals surface area contributed by atoms with Gasteiger partial charge >= 0.3 is 12.3 Å². The number of nitrogens with one attached hydrogen (secondary N) is 1. The fourth-order valence-corrected chi connectivity index (χ4v) is 2.26. The van der Waals surface area contributed by atoms with Gasteiger partial charge in [-0.3, -0.25) is 10.1 Å². The molecule has 2 rings (SSSR count). The Morgan fingerprint density at radius 1 is 1.19 bits per heavy atom. The van der Waals surface area contributed by atoms with Gasteiger partial charge in [0.15, 0.2) is 0 Å². The lowest BCUT2D eigenvalue weighted by atomic mass is 10.2. The molecule has 1 aromatic heterocycles. The van der Waals surface area contributed by atoms with Crippen LogP contribution in [0, 0.1) is 0 Å². The molecule has 0 spiro atoms. The summed E-state index contributed by atoms with van der Waals surface area (Å²) in [6.45, 7) is 3.14. The van der Waals surface area contributed by atoms with Gasteiger partial charge in [-0.05, 0) is 26.0 Å². The Balaban J connectivity index is 2.38. The third kappa shape index (κ3) is 4.58. The van der Waals surface area contributed by atoms with Crippen molar-refractivity contribution in [2.45, 2.75) is 20.0 Å². The van der Waals surface area contributed by atoms with Gasteiger partial charge < -0.3 is 9.64 Å². The molecule has 7 nitrogen and oxygen atoms in total. The van der Waals surface area contributed by atoms with E-state index in [0.29, 0.717) is 5.39 Å². The van der Waals surface area contributed by atoms with Crippen LogP contribution in [0.4, 0.5) is 23.8 Å². The van der Waals surface area contributed by atoms with Crippen LogP contribution in [-0.2, 0) is 15.7 Å². The van der Waals surface area contributed by atoms with E-state index in [2.05, 4.69) is 14.7 Å². The summed E-state index contributed by atoms with van der Waals surface area (Å²) in [4.78, 5) is 31.8. The third-order valence-corrected chi connectivity index (χ3v) is 3.37. The van der Waals surface area contributed by atoms with Gasteiger partial charge in [0.25, 0.3) is 0 Å². The van der Waals surface area contributed by atoms with Crippen LogP contribution in [0.15, 0.2) is 24.3 Å². The summed E-state index contributed by atoms with van der Waals surface area (Å²) in [5.74, 6) is -2.05. The summed E-state index contributed by atoms with van der Waals surface area (Å²) in [6, 6.07) is 6.19. The van der Waals surface area contributed by atoms with Crippen LogP contribution in [0.5, 0.6) is 0 Å². The van der Waals surface area contributed by atoms with Crippen molar-refractivity contribution < 1.29 is 27.5 Å². The number of carbonyl (C=O) groups is 2. The minimum Gasteiger partial charge on any atom is -0.450 e. The molecule has 0 aliphatic carbocycles. The van der Waals surface area contributed by atoms with Crippen molar-refractivity contribution in [3.05, 3.63) is 30.1 Å². The molecule has 1 heterocycles. The molecule has 10 heteroatoms. The number of benzene rings is 1. The molecule has 0 aliphatic heterocycles. The number of hydrogen-bond donors (Lipinski definition) is 1. The van der Waals surface area contributed by atoms with Crippen molar-refractivity contribution in [1.29, 1.82) is 0 Å². The Morgan fingerprint density at radius 3 is 2.50 bits per heavy atom. The maximum atomic E-state index is 13.1. The van der Waals surface area contributed by atoms with Crippen LogP contribution in [0.25, 0.3) is 10.9 Å². The fourth-order valence-electron chi connectivity index (χ4n) is 2.26. The second kappa shape index (κ2) is 7.98. The quantitative estimate of drug-likeness (QED) is 0.871. The Morgan fingerprint density at radius 2 is 1.88 bits per heavy atom. The second-order valence-corrected chi connectivity index (χ2v) is 5.17. The maximum absolute atomic E-state index is 13.1. The number of amides is 2. The van der Waals surface area contributed by atoms with E-state index in [1.54, 1.807) is 32.0 Å². The van der Waals surface area contributed by atoms with Gasteiger partial charge in [-0.15, -0.1) is 0 Å². The van der Waals surface area contributed by atoms with E-state index >= 15 is 0 Å². The van der Waals surface area contributed by atoms with E-state index in [4.69, 9.17) is 0 Å². The van der Waals surface area contributed by atoms with E-state index in [9.17, 15) is 22.8 Å². The zero-order valence-electron chi connectivity index (χ0n) is 14.1. The topological polar surface area (TPSA) is 84.4 Å². The Bertz CT molecular complexity index is 811. The van der Waals surface area contributed by atoms with Crippen LogP contribution in [-0.4, -0.2) is 41.7 Å². The number of likely N-dealkylation sites (N-methyl/N-ethyl adjacent to an activating group) is 1. The van der Waals surface area contributed by atoms with Crippen LogP contribution >= 0.6 is 0 Å². The Labute approximate surface area is 147 Å². The molecule has 0 unspecified atom stereocenters. The number of carbonyl (C=O) groups excluding carboxylic acids is 2. The van der Waals surface area contributed by atoms with E-state index in [1.807, 2.05) is 5.32 Å². The van der Waals surface area contributed by atoms with E-state index in [1.165, 1.54) is 11.0 Å².